The number of ether oxygens (including phenoxy) is 1. The minimum Gasteiger partial charge on any atom is -0.496 e. The number of hydrogen-bond donors (Lipinski definition) is 2. The number of methoxy groups -OCH3 is 1. The summed E-state index contributed by atoms with van der Waals surface area (Å²) < 4.78 is 5.37. The summed E-state index contributed by atoms with van der Waals surface area (Å²) in [5.74, 6) is -0.293. The standard InChI is InChI=1S/C18H16N4O2/c1-24-15-9-5-8-13-16(15)12(17(23)22-18(19)20)10-14(21-13)11-6-3-2-4-7-11/h2-10H,1H3,(H4,19,20,22,23). The van der Waals surface area contributed by atoms with Crippen molar-refractivity contribution in [3.05, 3.63) is 60.2 Å². The van der Waals surface area contributed by atoms with Crippen molar-refractivity contribution in [1.29, 1.82) is 0 Å². The molecule has 0 saturated carbocycles. The smallest absolute Gasteiger partial charge is 0.281 e. The van der Waals surface area contributed by atoms with Crippen LogP contribution in [-0.2, 0) is 0 Å². The molecule has 120 valence electrons. The molecule has 0 bridgehead atoms. The molecule has 0 aliphatic carbocycles. The zero-order chi connectivity index (χ0) is 17.1. The summed E-state index contributed by atoms with van der Waals surface area (Å²) in [6, 6.07) is 16.6. The van der Waals surface area contributed by atoms with E-state index in [4.69, 9.17) is 16.2 Å². The summed E-state index contributed by atoms with van der Waals surface area (Å²) in [6.07, 6.45) is 0. The summed E-state index contributed by atoms with van der Waals surface area (Å²) >= 11 is 0. The molecule has 6 heteroatoms. The van der Waals surface area contributed by atoms with Gasteiger partial charge in [-0.3, -0.25) is 4.79 Å². The molecule has 6 nitrogen and oxygen atoms in total. The molecule has 4 N–H and O–H groups in total. The maximum Gasteiger partial charge on any atom is 0.281 e. The molecule has 0 aliphatic rings. The Balaban J connectivity index is 2.32. The van der Waals surface area contributed by atoms with E-state index in [1.54, 1.807) is 12.1 Å². The summed E-state index contributed by atoms with van der Waals surface area (Å²) in [5.41, 5.74) is 13.2. The van der Waals surface area contributed by atoms with E-state index in [0.29, 0.717) is 27.9 Å². The SMILES string of the molecule is COc1cccc2nc(-c3ccccc3)cc(C(=O)N=C(N)N)c12. The molecule has 0 radical (unpaired) electrons. The molecule has 3 rings (SSSR count). The number of benzene rings is 2. The lowest BCUT2D eigenvalue weighted by Crippen LogP contribution is -2.24. The van der Waals surface area contributed by atoms with Gasteiger partial charge in [0.25, 0.3) is 5.91 Å². The second-order valence-electron chi connectivity index (χ2n) is 5.12. The number of guanidine groups is 1. The number of hydrogen-bond acceptors (Lipinski definition) is 3. The molecule has 2 aromatic carbocycles. The minimum atomic E-state index is -0.538. The van der Waals surface area contributed by atoms with Crippen molar-refractivity contribution in [2.45, 2.75) is 0 Å². The van der Waals surface area contributed by atoms with Crippen LogP contribution in [0.5, 0.6) is 5.75 Å². The molecule has 0 unspecified atom stereocenters. The first-order valence-electron chi connectivity index (χ1n) is 7.27. The van der Waals surface area contributed by atoms with Gasteiger partial charge in [0, 0.05) is 5.56 Å². The highest BCUT2D eigenvalue weighted by atomic mass is 16.5. The predicted molar refractivity (Wildman–Crippen MR) is 93.9 cm³/mol. The highest BCUT2D eigenvalue weighted by molar-refractivity contribution is 6.12. The van der Waals surface area contributed by atoms with Crippen molar-refractivity contribution >= 4 is 22.8 Å². The molecule has 1 aromatic heterocycles. The normalized spacial score (nSPS) is 10.4. The molecule has 24 heavy (non-hydrogen) atoms. The maximum atomic E-state index is 12.5. The Morgan fingerprint density at radius 3 is 2.50 bits per heavy atom. The van der Waals surface area contributed by atoms with Crippen LogP contribution in [0.15, 0.2) is 59.6 Å². The monoisotopic (exact) mass is 320 g/mol. The minimum absolute atomic E-state index is 0.291. The van der Waals surface area contributed by atoms with E-state index in [1.807, 2.05) is 42.5 Å². The van der Waals surface area contributed by atoms with E-state index < -0.39 is 5.91 Å². The molecule has 0 fully saturated rings. The van der Waals surface area contributed by atoms with Crippen LogP contribution in [0.1, 0.15) is 10.4 Å². The Labute approximate surface area is 138 Å². The fourth-order valence-corrected chi connectivity index (χ4v) is 2.53. The molecule has 0 aliphatic heterocycles. The van der Waals surface area contributed by atoms with Crippen LogP contribution >= 0.6 is 0 Å². The summed E-state index contributed by atoms with van der Waals surface area (Å²) in [5, 5.41) is 0.578. The van der Waals surface area contributed by atoms with Crippen LogP contribution in [0.25, 0.3) is 22.2 Å². The fraction of sp³-hybridized carbons (Fsp3) is 0.0556. The van der Waals surface area contributed by atoms with E-state index in [-0.39, 0.29) is 5.96 Å². The summed E-state index contributed by atoms with van der Waals surface area (Å²) in [7, 11) is 1.54. The Hall–Kier alpha value is -3.41. The lowest BCUT2D eigenvalue weighted by molar-refractivity contribution is 0.100. The molecule has 1 amide bonds. The topological polar surface area (TPSA) is 104 Å². The van der Waals surface area contributed by atoms with Crippen molar-refractivity contribution in [3.8, 4) is 17.0 Å². The van der Waals surface area contributed by atoms with Gasteiger partial charge in [-0.25, -0.2) is 4.98 Å². The van der Waals surface area contributed by atoms with Gasteiger partial charge < -0.3 is 16.2 Å². The first-order valence-corrected chi connectivity index (χ1v) is 7.27. The van der Waals surface area contributed by atoms with Crippen LogP contribution < -0.4 is 16.2 Å². The third-order valence-electron chi connectivity index (χ3n) is 3.55. The van der Waals surface area contributed by atoms with Gasteiger partial charge in [0.1, 0.15) is 5.75 Å². The van der Waals surface area contributed by atoms with Crippen LogP contribution in [0.4, 0.5) is 0 Å². The van der Waals surface area contributed by atoms with Gasteiger partial charge in [0.2, 0.25) is 0 Å². The zero-order valence-corrected chi connectivity index (χ0v) is 13.1. The van der Waals surface area contributed by atoms with E-state index in [9.17, 15) is 4.79 Å². The Morgan fingerprint density at radius 1 is 1.08 bits per heavy atom. The molecule has 1 heterocycles. The number of rotatable bonds is 3. The summed E-state index contributed by atoms with van der Waals surface area (Å²) in [4.78, 5) is 20.8. The molecule has 0 saturated heterocycles. The van der Waals surface area contributed by atoms with Gasteiger partial charge in [0.15, 0.2) is 5.96 Å². The van der Waals surface area contributed by atoms with Crippen LogP contribution in [0.2, 0.25) is 0 Å². The number of pyridine rings is 1. The van der Waals surface area contributed by atoms with Crippen molar-refractivity contribution in [2.24, 2.45) is 16.5 Å². The first kappa shape index (κ1) is 15.5. The number of carbonyl (C=O) groups excluding carboxylic acids is 1. The number of carbonyl (C=O) groups is 1. The number of fused-ring (bicyclic) bond motifs is 1. The summed E-state index contributed by atoms with van der Waals surface area (Å²) in [6.45, 7) is 0. The third kappa shape index (κ3) is 2.89. The van der Waals surface area contributed by atoms with Crippen molar-refractivity contribution in [2.75, 3.05) is 7.11 Å². The largest absolute Gasteiger partial charge is 0.496 e. The van der Waals surface area contributed by atoms with Gasteiger partial charge in [-0.1, -0.05) is 36.4 Å². The van der Waals surface area contributed by atoms with Gasteiger partial charge in [-0.05, 0) is 18.2 Å². The average molecular weight is 320 g/mol. The van der Waals surface area contributed by atoms with Gasteiger partial charge >= 0.3 is 0 Å². The second-order valence-corrected chi connectivity index (χ2v) is 5.12. The van der Waals surface area contributed by atoms with E-state index in [1.165, 1.54) is 7.11 Å². The Kier molecular flexibility index (Phi) is 4.11. The Bertz CT molecular complexity index is 932. The molecule has 0 spiro atoms. The molecular formula is C18H16N4O2. The average Bonchev–Trinajstić information content (AvgIpc) is 2.60. The fourth-order valence-electron chi connectivity index (χ4n) is 2.53. The second kappa shape index (κ2) is 6.37. The predicted octanol–water partition coefficient (Wildman–Crippen LogP) is 2.32. The van der Waals surface area contributed by atoms with E-state index >= 15 is 0 Å². The lowest BCUT2D eigenvalue weighted by Gasteiger charge is -2.11. The van der Waals surface area contributed by atoms with Crippen LogP contribution in [-0.4, -0.2) is 24.0 Å². The lowest BCUT2D eigenvalue weighted by atomic mass is 10.0. The van der Waals surface area contributed by atoms with Crippen molar-refractivity contribution < 1.29 is 9.53 Å². The van der Waals surface area contributed by atoms with E-state index in [2.05, 4.69) is 9.98 Å². The third-order valence-corrected chi connectivity index (χ3v) is 3.55. The number of nitrogens with zero attached hydrogens (tertiary/aromatic N) is 2. The number of amides is 1. The van der Waals surface area contributed by atoms with Crippen LogP contribution in [0, 0.1) is 0 Å². The number of nitrogens with two attached hydrogens (primary N) is 2. The quantitative estimate of drug-likeness (QED) is 0.569. The van der Waals surface area contributed by atoms with E-state index in [0.717, 1.165) is 5.56 Å². The Morgan fingerprint density at radius 2 is 1.83 bits per heavy atom. The molecular weight excluding hydrogens is 304 g/mol. The highest BCUT2D eigenvalue weighted by Crippen LogP contribution is 2.31. The molecule has 0 atom stereocenters. The van der Waals surface area contributed by atoms with Gasteiger partial charge in [-0.15, -0.1) is 0 Å². The first-order chi connectivity index (χ1) is 11.6. The van der Waals surface area contributed by atoms with Crippen LogP contribution in [0.3, 0.4) is 0 Å². The highest BCUT2D eigenvalue weighted by Gasteiger charge is 2.17. The zero-order valence-electron chi connectivity index (χ0n) is 13.1. The van der Waals surface area contributed by atoms with Gasteiger partial charge in [-0.2, -0.15) is 4.99 Å². The van der Waals surface area contributed by atoms with Crippen molar-refractivity contribution in [1.82, 2.24) is 4.98 Å². The van der Waals surface area contributed by atoms with Crippen molar-refractivity contribution in [3.63, 3.8) is 0 Å². The number of aliphatic imine (C=N–C) groups is 1. The van der Waals surface area contributed by atoms with Gasteiger partial charge in [0.05, 0.1) is 29.3 Å². The number of aromatic nitrogens is 1. The molecule has 3 aromatic rings. The maximum absolute atomic E-state index is 12.5.